The topological polar surface area (TPSA) is 25.0 Å². The molecule has 1 aromatic heterocycles. The monoisotopic (exact) mass is 241 g/mol. The van der Waals surface area contributed by atoms with E-state index in [2.05, 4.69) is 4.98 Å². The quantitative estimate of drug-likeness (QED) is 0.851. The molecule has 0 amide bonds. The van der Waals surface area contributed by atoms with Gasteiger partial charge in [0.05, 0.1) is 12.7 Å². The minimum Gasteiger partial charge on any atom is -0.497 e. The third kappa shape index (κ3) is 2.43. The zero-order valence-electron chi connectivity index (χ0n) is 9.01. The van der Waals surface area contributed by atoms with Crippen LogP contribution < -0.4 is 4.74 Å². The predicted molar refractivity (Wildman–Crippen MR) is 57.8 cm³/mol. The van der Waals surface area contributed by atoms with E-state index < -0.39 is 11.7 Å². The average molecular weight is 241 g/mol. The van der Waals surface area contributed by atoms with Gasteiger partial charge in [0, 0.05) is 11.9 Å². The molecule has 1 N–H and O–H groups in total. The molecule has 2 nitrogen and oxygen atoms in total. The molecule has 5 heteroatoms. The van der Waals surface area contributed by atoms with Crippen molar-refractivity contribution >= 4 is 0 Å². The van der Waals surface area contributed by atoms with Gasteiger partial charge in [0.1, 0.15) is 5.75 Å². The number of alkyl halides is 3. The Hall–Kier alpha value is -1.91. The number of nitrogens with one attached hydrogen (secondary N) is 1. The Balaban J connectivity index is 2.30. The Kier molecular flexibility index (Phi) is 2.83. The van der Waals surface area contributed by atoms with Crippen molar-refractivity contribution in [2.45, 2.75) is 6.18 Å². The Labute approximate surface area is 96.0 Å². The van der Waals surface area contributed by atoms with E-state index >= 15 is 0 Å². The molecule has 0 fully saturated rings. The van der Waals surface area contributed by atoms with Crippen LogP contribution in [0.4, 0.5) is 13.2 Å². The standard InChI is InChI=1S/C12H10F3NO/c1-17-10-4-2-8(3-5-10)11-6-9(7-16-11)12(13,14)15/h2-7,16H,1H3. The van der Waals surface area contributed by atoms with Gasteiger partial charge in [-0.15, -0.1) is 0 Å². The van der Waals surface area contributed by atoms with Gasteiger partial charge < -0.3 is 9.72 Å². The highest BCUT2D eigenvalue weighted by atomic mass is 19.4. The number of hydrogen-bond acceptors (Lipinski definition) is 1. The summed E-state index contributed by atoms with van der Waals surface area (Å²) >= 11 is 0. The lowest BCUT2D eigenvalue weighted by molar-refractivity contribution is -0.137. The smallest absolute Gasteiger partial charge is 0.417 e. The molecular weight excluding hydrogens is 231 g/mol. The summed E-state index contributed by atoms with van der Waals surface area (Å²) in [5, 5.41) is 0. The Morgan fingerprint density at radius 3 is 2.24 bits per heavy atom. The molecule has 0 atom stereocenters. The van der Waals surface area contributed by atoms with Gasteiger partial charge in [0.25, 0.3) is 0 Å². The molecule has 0 saturated carbocycles. The van der Waals surface area contributed by atoms with E-state index in [1.165, 1.54) is 7.11 Å². The maximum Gasteiger partial charge on any atom is 0.417 e. The van der Waals surface area contributed by atoms with Crippen LogP contribution >= 0.6 is 0 Å². The molecule has 0 aliphatic carbocycles. The normalized spacial score (nSPS) is 11.5. The molecular formula is C12H10F3NO. The van der Waals surface area contributed by atoms with Crippen molar-refractivity contribution in [1.82, 2.24) is 4.98 Å². The molecule has 1 aromatic carbocycles. The van der Waals surface area contributed by atoms with Crippen LogP contribution in [0.15, 0.2) is 36.5 Å². The maximum atomic E-state index is 12.4. The lowest BCUT2D eigenvalue weighted by Crippen LogP contribution is -2.02. The van der Waals surface area contributed by atoms with Crippen molar-refractivity contribution in [3.8, 4) is 17.0 Å². The molecule has 2 rings (SSSR count). The third-order valence-corrected chi connectivity index (χ3v) is 2.41. The van der Waals surface area contributed by atoms with Crippen molar-refractivity contribution in [2.24, 2.45) is 0 Å². The molecule has 0 spiro atoms. The van der Waals surface area contributed by atoms with Gasteiger partial charge in [0.15, 0.2) is 0 Å². The van der Waals surface area contributed by atoms with Crippen LogP contribution in [0.2, 0.25) is 0 Å². The zero-order chi connectivity index (χ0) is 12.5. The SMILES string of the molecule is COc1ccc(-c2cc(C(F)(F)F)c[nH]2)cc1. The summed E-state index contributed by atoms with van der Waals surface area (Å²) in [5.41, 5.74) is 0.435. The average Bonchev–Trinajstić information content (AvgIpc) is 2.78. The number of halogens is 3. The van der Waals surface area contributed by atoms with Gasteiger partial charge in [0.2, 0.25) is 0 Å². The summed E-state index contributed by atoms with van der Waals surface area (Å²) in [7, 11) is 1.53. The molecule has 0 aliphatic heterocycles. The van der Waals surface area contributed by atoms with Gasteiger partial charge in [-0.25, -0.2) is 0 Å². The fourth-order valence-corrected chi connectivity index (χ4v) is 1.50. The molecule has 0 bridgehead atoms. The summed E-state index contributed by atoms with van der Waals surface area (Å²) in [5.74, 6) is 0.663. The largest absolute Gasteiger partial charge is 0.497 e. The molecule has 2 aromatic rings. The summed E-state index contributed by atoms with van der Waals surface area (Å²) in [6, 6.07) is 7.88. The Morgan fingerprint density at radius 1 is 1.12 bits per heavy atom. The first kappa shape index (κ1) is 11.6. The minimum absolute atomic E-state index is 0.431. The molecule has 17 heavy (non-hydrogen) atoms. The first-order valence-electron chi connectivity index (χ1n) is 4.91. The number of ether oxygens (including phenoxy) is 1. The van der Waals surface area contributed by atoms with E-state index in [-0.39, 0.29) is 0 Å². The van der Waals surface area contributed by atoms with Crippen molar-refractivity contribution in [3.63, 3.8) is 0 Å². The van der Waals surface area contributed by atoms with Crippen LogP contribution in [0.1, 0.15) is 5.56 Å². The summed E-state index contributed by atoms with van der Waals surface area (Å²) in [4.78, 5) is 2.61. The molecule has 0 unspecified atom stereocenters. The number of hydrogen-bond donors (Lipinski definition) is 1. The lowest BCUT2D eigenvalue weighted by Gasteiger charge is -2.02. The Morgan fingerprint density at radius 2 is 1.76 bits per heavy atom. The second-order valence-electron chi connectivity index (χ2n) is 3.53. The van der Waals surface area contributed by atoms with Gasteiger partial charge in [-0.2, -0.15) is 13.2 Å². The van der Waals surface area contributed by atoms with Crippen LogP contribution in [0.3, 0.4) is 0 Å². The third-order valence-electron chi connectivity index (χ3n) is 2.41. The van der Waals surface area contributed by atoms with Crippen LogP contribution in [0.25, 0.3) is 11.3 Å². The highest BCUT2D eigenvalue weighted by Gasteiger charge is 2.31. The summed E-state index contributed by atoms with van der Waals surface area (Å²) in [6.45, 7) is 0. The minimum atomic E-state index is -4.32. The second-order valence-corrected chi connectivity index (χ2v) is 3.53. The van der Waals surface area contributed by atoms with Gasteiger partial charge >= 0.3 is 6.18 Å². The molecule has 0 aliphatic rings. The number of aromatic amines is 1. The number of methoxy groups -OCH3 is 1. The Bertz CT molecular complexity index is 499. The van der Waals surface area contributed by atoms with E-state index in [0.717, 1.165) is 12.3 Å². The van der Waals surface area contributed by atoms with E-state index in [1.807, 2.05) is 0 Å². The van der Waals surface area contributed by atoms with Crippen molar-refractivity contribution < 1.29 is 17.9 Å². The zero-order valence-corrected chi connectivity index (χ0v) is 9.01. The summed E-state index contributed by atoms with van der Waals surface area (Å²) < 4.78 is 42.2. The van der Waals surface area contributed by atoms with E-state index in [9.17, 15) is 13.2 Å². The van der Waals surface area contributed by atoms with Crippen LogP contribution in [-0.4, -0.2) is 12.1 Å². The van der Waals surface area contributed by atoms with Gasteiger partial charge in [-0.1, -0.05) is 0 Å². The van der Waals surface area contributed by atoms with Crippen molar-refractivity contribution in [2.75, 3.05) is 7.11 Å². The van der Waals surface area contributed by atoms with Crippen molar-refractivity contribution in [3.05, 3.63) is 42.1 Å². The molecule has 0 radical (unpaired) electrons. The molecule has 90 valence electrons. The maximum absolute atomic E-state index is 12.4. The van der Waals surface area contributed by atoms with Gasteiger partial charge in [-0.05, 0) is 35.9 Å². The van der Waals surface area contributed by atoms with Crippen LogP contribution in [0.5, 0.6) is 5.75 Å². The fraction of sp³-hybridized carbons (Fsp3) is 0.167. The summed E-state index contributed by atoms with van der Waals surface area (Å²) in [6.07, 6.45) is -3.36. The first-order valence-corrected chi connectivity index (χ1v) is 4.91. The lowest BCUT2D eigenvalue weighted by atomic mass is 10.1. The van der Waals surface area contributed by atoms with Crippen LogP contribution in [0, 0.1) is 0 Å². The van der Waals surface area contributed by atoms with Crippen LogP contribution in [-0.2, 0) is 6.18 Å². The molecule has 1 heterocycles. The predicted octanol–water partition coefficient (Wildman–Crippen LogP) is 3.71. The second kappa shape index (κ2) is 4.16. The first-order chi connectivity index (χ1) is 8.00. The number of aromatic nitrogens is 1. The highest BCUT2D eigenvalue weighted by Crippen LogP contribution is 2.32. The fourth-order valence-electron chi connectivity index (χ4n) is 1.50. The molecule has 0 saturated heterocycles. The van der Waals surface area contributed by atoms with Crippen molar-refractivity contribution in [1.29, 1.82) is 0 Å². The number of H-pyrrole nitrogens is 1. The number of benzene rings is 1. The van der Waals surface area contributed by atoms with E-state index in [0.29, 0.717) is 17.0 Å². The van der Waals surface area contributed by atoms with E-state index in [4.69, 9.17) is 4.74 Å². The van der Waals surface area contributed by atoms with Gasteiger partial charge in [-0.3, -0.25) is 0 Å². The number of rotatable bonds is 2. The highest BCUT2D eigenvalue weighted by molar-refractivity contribution is 5.61. The van der Waals surface area contributed by atoms with E-state index in [1.54, 1.807) is 24.3 Å².